The number of nitrogen functional groups attached to an aromatic ring is 1. The van der Waals surface area contributed by atoms with E-state index in [0.717, 1.165) is 16.5 Å². The molecule has 0 spiro atoms. The van der Waals surface area contributed by atoms with Crippen LogP contribution in [0.1, 0.15) is 5.56 Å². The minimum absolute atomic E-state index is 0.0833. The SMILES string of the molecule is Nc1nc2ccccc2cc1Cn1cccc(Br)c1=O. The summed E-state index contributed by atoms with van der Waals surface area (Å²) in [5, 5.41) is 1.01. The van der Waals surface area contributed by atoms with Crippen LogP contribution in [0.3, 0.4) is 0 Å². The number of hydrogen-bond acceptors (Lipinski definition) is 3. The topological polar surface area (TPSA) is 60.9 Å². The number of para-hydroxylation sites is 1. The Labute approximate surface area is 124 Å². The van der Waals surface area contributed by atoms with Crippen LogP contribution in [-0.2, 0) is 6.54 Å². The molecule has 1 aromatic carbocycles. The second-order valence-electron chi connectivity index (χ2n) is 4.51. The summed E-state index contributed by atoms with van der Waals surface area (Å²) in [5.41, 5.74) is 7.59. The average molecular weight is 330 g/mol. The largest absolute Gasteiger partial charge is 0.383 e. The van der Waals surface area contributed by atoms with Crippen LogP contribution < -0.4 is 11.3 Å². The van der Waals surface area contributed by atoms with Gasteiger partial charge >= 0.3 is 0 Å². The Kier molecular flexibility index (Phi) is 3.28. The molecule has 0 atom stereocenters. The highest BCUT2D eigenvalue weighted by molar-refractivity contribution is 9.10. The lowest BCUT2D eigenvalue weighted by Crippen LogP contribution is -2.20. The molecule has 0 fully saturated rings. The zero-order valence-electron chi connectivity index (χ0n) is 10.6. The third-order valence-corrected chi connectivity index (χ3v) is 3.75. The Morgan fingerprint density at radius 2 is 2.00 bits per heavy atom. The van der Waals surface area contributed by atoms with Crippen molar-refractivity contribution in [2.45, 2.75) is 6.54 Å². The van der Waals surface area contributed by atoms with E-state index in [9.17, 15) is 4.79 Å². The first-order valence-corrected chi connectivity index (χ1v) is 6.93. The average Bonchev–Trinajstić information content (AvgIpc) is 2.44. The van der Waals surface area contributed by atoms with Crippen LogP contribution in [0.2, 0.25) is 0 Å². The van der Waals surface area contributed by atoms with E-state index in [1.54, 1.807) is 16.8 Å². The number of nitrogens with two attached hydrogens (primary N) is 1. The minimum atomic E-state index is -0.0833. The maximum Gasteiger partial charge on any atom is 0.265 e. The van der Waals surface area contributed by atoms with E-state index in [1.165, 1.54) is 0 Å². The van der Waals surface area contributed by atoms with Crippen molar-refractivity contribution in [1.29, 1.82) is 0 Å². The number of benzene rings is 1. The number of nitrogens with zero attached hydrogens (tertiary/aromatic N) is 2. The fraction of sp³-hybridized carbons (Fsp3) is 0.0667. The molecule has 2 heterocycles. The zero-order chi connectivity index (χ0) is 14.1. The normalized spacial score (nSPS) is 10.8. The highest BCUT2D eigenvalue weighted by Gasteiger charge is 2.06. The molecule has 100 valence electrons. The number of aromatic nitrogens is 2. The minimum Gasteiger partial charge on any atom is -0.383 e. The molecule has 0 amide bonds. The van der Waals surface area contributed by atoms with Crippen molar-refractivity contribution < 1.29 is 0 Å². The smallest absolute Gasteiger partial charge is 0.265 e. The van der Waals surface area contributed by atoms with Gasteiger partial charge in [-0.05, 0) is 40.2 Å². The first kappa shape index (κ1) is 12.9. The van der Waals surface area contributed by atoms with Gasteiger partial charge in [0.05, 0.1) is 16.5 Å². The first-order valence-electron chi connectivity index (χ1n) is 6.14. The number of hydrogen-bond donors (Lipinski definition) is 1. The van der Waals surface area contributed by atoms with Crippen LogP contribution in [0.5, 0.6) is 0 Å². The Morgan fingerprint density at radius 3 is 2.85 bits per heavy atom. The number of halogens is 1. The van der Waals surface area contributed by atoms with Crippen LogP contribution in [0.15, 0.2) is 57.9 Å². The fourth-order valence-corrected chi connectivity index (χ4v) is 2.50. The van der Waals surface area contributed by atoms with Crippen LogP contribution in [0.25, 0.3) is 10.9 Å². The lowest BCUT2D eigenvalue weighted by molar-refractivity contribution is 0.755. The Morgan fingerprint density at radius 1 is 1.20 bits per heavy atom. The van der Waals surface area contributed by atoms with Gasteiger partial charge in [0.2, 0.25) is 0 Å². The molecule has 5 heteroatoms. The van der Waals surface area contributed by atoms with Gasteiger partial charge in [0.25, 0.3) is 5.56 Å². The molecular formula is C15H12BrN3O. The molecule has 0 aliphatic carbocycles. The maximum atomic E-state index is 12.0. The summed E-state index contributed by atoms with van der Waals surface area (Å²) in [6.45, 7) is 0.405. The lowest BCUT2D eigenvalue weighted by atomic mass is 10.1. The molecule has 20 heavy (non-hydrogen) atoms. The number of pyridine rings is 2. The summed E-state index contributed by atoms with van der Waals surface area (Å²) in [6.07, 6.45) is 1.74. The molecule has 0 radical (unpaired) electrons. The summed E-state index contributed by atoms with van der Waals surface area (Å²) < 4.78 is 2.14. The van der Waals surface area contributed by atoms with Crippen LogP contribution >= 0.6 is 15.9 Å². The van der Waals surface area contributed by atoms with Gasteiger partial charge in [0.15, 0.2) is 0 Å². The molecule has 0 aliphatic heterocycles. The molecular weight excluding hydrogens is 318 g/mol. The predicted octanol–water partition coefficient (Wildman–Crippen LogP) is 2.79. The Bertz CT molecular complexity index is 842. The predicted molar refractivity (Wildman–Crippen MR) is 83.7 cm³/mol. The van der Waals surface area contributed by atoms with Crippen molar-refractivity contribution in [3.8, 4) is 0 Å². The molecule has 0 bridgehead atoms. The van der Waals surface area contributed by atoms with E-state index in [-0.39, 0.29) is 5.56 Å². The van der Waals surface area contributed by atoms with E-state index in [0.29, 0.717) is 16.8 Å². The van der Waals surface area contributed by atoms with E-state index < -0.39 is 0 Å². The molecule has 0 saturated carbocycles. The van der Waals surface area contributed by atoms with Gasteiger partial charge in [0.1, 0.15) is 5.82 Å². The summed E-state index contributed by atoms with van der Waals surface area (Å²) in [6, 6.07) is 13.3. The first-order chi connectivity index (χ1) is 9.65. The van der Waals surface area contributed by atoms with E-state index in [2.05, 4.69) is 20.9 Å². The van der Waals surface area contributed by atoms with Gasteiger partial charge in [-0.3, -0.25) is 4.79 Å². The third kappa shape index (κ3) is 2.32. The van der Waals surface area contributed by atoms with Gasteiger partial charge in [-0.15, -0.1) is 0 Å². The highest BCUT2D eigenvalue weighted by Crippen LogP contribution is 2.18. The second-order valence-corrected chi connectivity index (χ2v) is 5.37. The number of fused-ring (bicyclic) bond motifs is 1. The van der Waals surface area contributed by atoms with Crippen molar-refractivity contribution in [3.05, 3.63) is 69.1 Å². The molecule has 0 aliphatic rings. The lowest BCUT2D eigenvalue weighted by Gasteiger charge is -2.09. The van der Waals surface area contributed by atoms with Crippen molar-refractivity contribution in [3.63, 3.8) is 0 Å². The molecule has 3 rings (SSSR count). The Hall–Kier alpha value is -2.14. The molecule has 3 aromatic rings. The summed E-state index contributed by atoms with van der Waals surface area (Å²) in [7, 11) is 0. The number of rotatable bonds is 2. The summed E-state index contributed by atoms with van der Waals surface area (Å²) in [4.78, 5) is 16.4. The van der Waals surface area contributed by atoms with Crippen LogP contribution in [-0.4, -0.2) is 9.55 Å². The molecule has 2 aromatic heterocycles. The monoisotopic (exact) mass is 329 g/mol. The van der Waals surface area contributed by atoms with Crippen molar-refractivity contribution in [2.75, 3.05) is 5.73 Å². The third-order valence-electron chi connectivity index (χ3n) is 3.15. The van der Waals surface area contributed by atoms with E-state index in [4.69, 9.17) is 5.73 Å². The van der Waals surface area contributed by atoms with Crippen LogP contribution in [0, 0.1) is 0 Å². The molecule has 0 saturated heterocycles. The maximum absolute atomic E-state index is 12.0. The van der Waals surface area contributed by atoms with Gasteiger partial charge in [-0.1, -0.05) is 18.2 Å². The molecule has 2 N–H and O–H groups in total. The van der Waals surface area contributed by atoms with Gasteiger partial charge in [-0.2, -0.15) is 0 Å². The zero-order valence-corrected chi connectivity index (χ0v) is 12.2. The van der Waals surface area contributed by atoms with E-state index >= 15 is 0 Å². The van der Waals surface area contributed by atoms with Crippen molar-refractivity contribution >= 4 is 32.7 Å². The van der Waals surface area contributed by atoms with Crippen molar-refractivity contribution in [2.24, 2.45) is 0 Å². The highest BCUT2D eigenvalue weighted by atomic mass is 79.9. The van der Waals surface area contributed by atoms with Crippen molar-refractivity contribution in [1.82, 2.24) is 9.55 Å². The van der Waals surface area contributed by atoms with Gasteiger partial charge < -0.3 is 10.3 Å². The fourth-order valence-electron chi connectivity index (χ4n) is 2.12. The van der Waals surface area contributed by atoms with Crippen LogP contribution in [0.4, 0.5) is 5.82 Å². The number of anilines is 1. The van der Waals surface area contributed by atoms with E-state index in [1.807, 2.05) is 36.4 Å². The molecule has 0 unspecified atom stereocenters. The quantitative estimate of drug-likeness (QED) is 0.786. The van der Waals surface area contributed by atoms with Gasteiger partial charge in [-0.25, -0.2) is 4.98 Å². The molecule has 4 nitrogen and oxygen atoms in total. The summed E-state index contributed by atoms with van der Waals surface area (Å²) in [5.74, 6) is 0.454. The second kappa shape index (κ2) is 5.09. The summed E-state index contributed by atoms with van der Waals surface area (Å²) >= 11 is 3.24. The van der Waals surface area contributed by atoms with Gasteiger partial charge in [0, 0.05) is 17.1 Å². The Balaban J connectivity index is 2.08. The standard InChI is InChI=1S/C15H12BrN3O/c16-12-5-3-7-19(15(12)20)9-11-8-10-4-1-2-6-13(10)18-14(11)17/h1-8H,9H2,(H2,17,18).